The summed E-state index contributed by atoms with van der Waals surface area (Å²) in [6, 6.07) is 4.28. The molecule has 1 atom stereocenters. The first-order valence-electron chi connectivity index (χ1n) is 7.01. The molecule has 0 amide bonds. The van der Waals surface area contributed by atoms with Crippen LogP contribution in [0.25, 0.3) is 0 Å². The standard InChI is InChI=1S/C14H23ClN2O.2ClH/c1-2-3-4-5-12(13-6-7-14(15)18-13)17-10-8-16-9-11-17;;/h6-7,12,16H,2-5,8-11H2,1H3;2*1H/t12-;;/m0../s1. The molecule has 0 unspecified atom stereocenters. The summed E-state index contributed by atoms with van der Waals surface area (Å²) >= 11 is 5.91. The monoisotopic (exact) mass is 342 g/mol. The number of rotatable bonds is 6. The quantitative estimate of drug-likeness (QED) is 0.780. The summed E-state index contributed by atoms with van der Waals surface area (Å²) in [5, 5.41) is 3.90. The molecule has 1 aromatic heterocycles. The van der Waals surface area contributed by atoms with E-state index in [0.717, 1.165) is 38.4 Å². The molecule has 1 saturated heterocycles. The van der Waals surface area contributed by atoms with Gasteiger partial charge in [0.05, 0.1) is 6.04 Å². The smallest absolute Gasteiger partial charge is 0.193 e. The maximum Gasteiger partial charge on any atom is 0.193 e. The molecule has 1 fully saturated rings. The van der Waals surface area contributed by atoms with Crippen LogP contribution >= 0.6 is 36.4 Å². The summed E-state index contributed by atoms with van der Waals surface area (Å²) in [6.45, 7) is 6.56. The summed E-state index contributed by atoms with van der Waals surface area (Å²) in [6.07, 6.45) is 4.96. The molecular weight excluding hydrogens is 319 g/mol. The lowest BCUT2D eigenvalue weighted by molar-refractivity contribution is 0.144. The molecule has 0 radical (unpaired) electrons. The van der Waals surface area contributed by atoms with Gasteiger partial charge in [0, 0.05) is 26.2 Å². The largest absolute Gasteiger partial charge is 0.448 e. The molecule has 0 spiro atoms. The Labute approximate surface area is 139 Å². The highest BCUT2D eigenvalue weighted by Gasteiger charge is 2.24. The first kappa shape index (κ1) is 20.1. The number of furan rings is 1. The molecule has 3 nitrogen and oxygen atoms in total. The van der Waals surface area contributed by atoms with E-state index < -0.39 is 0 Å². The van der Waals surface area contributed by atoms with Crippen molar-refractivity contribution in [2.45, 2.75) is 38.6 Å². The molecule has 1 aliphatic heterocycles. The molecule has 6 heteroatoms. The predicted octanol–water partition coefficient (Wildman–Crippen LogP) is 4.30. The van der Waals surface area contributed by atoms with Gasteiger partial charge in [0.25, 0.3) is 0 Å². The van der Waals surface area contributed by atoms with Crippen LogP contribution in [0.1, 0.15) is 44.4 Å². The van der Waals surface area contributed by atoms with Gasteiger partial charge in [-0.25, -0.2) is 0 Å². The Balaban J connectivity index is 0.00000180. The van der Waals surface area contributed by atoms with Crippen molar-refractivity contribution >= 4 is 36.4 Å². The van der Waals surface area contributed by atoms with Crippen molar-refractivity contribution in [3.63, 3.8) is 0 Å². The molecule has 0 aliphatic carbocycles. The van der Waals surface area contributed by atoms with Gasteiger partial charge in [-0.3, -0.25) is 4.90 Å². The molecule has 2 rings (SSSR count). The minimum atomic E-state index is 0. The van der Waals surface area contributed by atoms with E-state index in [1.54, 1.807) is 0 Å². The molecule has 118 valence electrons. The topological polar surface area (TPSA) is 28.4 Å². The molecular formula is C14H25Cl3N2O. The van der Waals surface area contributed by atoms with E-state index in [9.17, 15) is 0 Å². The highest BCUT2D eigenvalue weighted by Crippen LogP contribution is 2.29. The van der Waals surface area contributed by atoms with Crippen molar-refractivity contribution in [1.82, 2.24) is 10.2 Å². The summed E-state index contributed by atoms with van der Waals surface area (Å²) in [4.78, 5) is 2.52. The van der Waals surface area contributed by atoms with Crippen molar-refractivity contribution < 1.29 is 4.42 Å². The number of hydrogen-bond acceptors (Lipinski definition) is 3. The molecule has 0 bridgehead atoms. The number of piperazine rings is 1. The third-order valence-corrected chi connectivity index (χ3v) is 3.80. The molecule has 0 aromatic carbocycles. The Hall–Kier alpha value is 0.0700. The molecule has 1 aliphatic rings. The first-order valence-corrected chi connectivity index (χ1v) is 7.39. The predicted molar refractivity (Wildman–Crippen MR) is 89.5 cm³/mol. The van der Waals surface area contributed by atoms with Crippen LogP contribution in [0.4, 0.5) is 0 Å². The van der Waals surface area contributed by atoms with Gasteiger partial charge in [-0.05, 0) is 30.2 Å². The molecule has 0 saturated carbocycles. The third-order valence-electron chi connectivity index (χ3n) is 3.60. The van der Waals surface area contributed by atoms with Crippen molar-refractivity contribution in [1.29, 1.82) is 0 Å². The van der Waals surface area contributed by atoms with Gasteiger partial charge in [0.15, 0.2) is 5.22 Å². The van der Waals surface area contributed by atoms with Crippen molar-refractivity contribution in [3.05, 3.63) is 23.1 Å². The summed E-state index contributed by atoms with van der Waals surface area (Å²) < 4.78 is 5.63. The van der Waals surface area contributed by atoms with E-state index in [1.807, 2.05) is 12.1 Å². The maximum absolute atomic E-state index is 5.91. The van der Waals surface area contributed by atoms with E-state index in [4.69, 9.17) is 16.0 Å². The Morgan fingerprint density at radius 3 is 2.50 bits per heavy atom. The first-order chi connectivity index (χ1) is 8.81. The number of halogens is 3. The molecule has 20 heavy (non-hydrogen) atoms. The Bertz CT molecular complexity index is 354. The SMILES string of the molecule is CCCCC[C@@H](c1ccc(Cl)o1)N1CCNCC1.Cl.Cl. The lowest BCUT2D eigenvalue weighted by atomic mass is 10.0. The van der Waals surface area contributed by atoms with Crippen molar-refractivity contribution in [2.24, 2.45) is 0 Å². The zero-order chi connectivity index (χ0) is 12.8. The minimum absolute atomic E-state index is 0. The Morgan fingerprint density at radius 2 is 1.95 bits per heavy atom. The van der Waals surface area contributed by atoms with Gasteiger partial charge < -0.3 is 9.73 Å². The van der Waals surface area contributed by atoms with Crippen LogP contribution in [0, 0.1) is 0 Å². The fourth-order valence-corrected chi connectivity index (χ4v) is 2.75. The highest BCUT2D eigenvalue weighted by molar-refractivity contribution is 6.28. The average Bonchev–Trinajstić information content (AvgIpc) is 2.82. The molecule has 1 aromatic rings. The number of nitrogens with zero attached hydrogens (tertiary/aromatic N) is 1. The third kappa shape index (κ3) is 5.82. The maximum atomic E-state index is 5.91. The fourth-order valence-electron chi connectivity index (χ4n) is 2.59. The number of hydrogen-bond donors (Lipinski definition) is 1. The van der Waals surface area contributed by atoms with Gasteiger partial charge in [0.2, 0.25) is 0 Å². The zero-order valence-corrected chi connectivity index (χ0v) is 14.3. The molecule has 2 heterocycles. The van der Waals surface area contributed by atoms with Gasteiger partial charge >= 0.3 is 0 Å². The zero-order valence-electron chi connectivity index (χ0n) is 11.9. The Kier molecular flexibility index (Phi) is 10.8. The normalized spacial score (nSPS) is 17.1. The second-order valence-corrected chi connectivity index (χ2v) is 5.31. The average molecular weight is 344 g/mol. The van der Waals surface area contributed by atoms with Crippen LogP contribution in [0.15, 0.2) is 16.5 Å². The lowest BCUT2D eigenvalue weighted by Crippen LogP contribution is -2.45. The van der Waals surface area contributed by atoms with Crippen molar-refractivity contribution in [2.75, 3.05) is 26.2 Å². The Morgan fingerprint density at radius 1 is 1.25 bits per heavy atom. The van der Waals surface area contributed by atoms with Crippen LogP contribution in [0.2, 0.25) is 5.22 Å². The van der Waals surface area contributed by atoms with Gasteiger partial charge in [0.1, 0.15) is 5.76 Å². The van der Waals surface area contributed by atoms with Crippen molar-refractivity contribution in [3.8, 4) is 0 Å². The number of nitrogens with one attached hydrogen (secondary N) is 1. The van der Waals surface area contributed by atoms with Gasteiger partial charge in [-0.2, -0.15) is 0 Å². The number of unbranched alkanes of at least 4 members (excludes halogenated alkanes) is 2. The summed E-state index contributed by atoms with van der Waals surface area (Å²) in [5.74, 6) is 1.03. The van der Waals surface area contributed by atoms with Gasteiger partial charge in [-0.15, -0.1) is 24.8 Å². The minimum Gasteiger partial charge on any atom is -0.448 e. The molecule has 1 N–H and O–H groups in total. The van der Waals surface area contributed by atoms with E-state index >= 15 is 0 Å². The second-order valence-electron chi connectivity index (χ2n) is 4.94. The lowest BCUT2D eigenvalue weighted by Gasteiger charge is -2.33. The summed E-state index contributed by atoms with van der Waals surface area (Å²) in [7, 11) is 0. The van der Waals surface area contributed by atoms with E-state index in [0.29, 0.717) is 11.3 Å². The highest BCUT2D eigenvalue weighted by atomic mass is 35.5. The van der Waals surface area contributed by atoms with E-state index in [-0.39, 0.29) is 24.8 Å². The van der Waals surface area contributed by atoms with Crippen LogP contribution in [-0.4, -0.2) is 31.1 Å². The van der Waals surface area contributed by atoms with Crippen LogP contribution in [0.5, 0.6) is 0 Å². The second kappa shape index (κ2) is 10.7. The fraction of sp³-hybridized carbons (Fsp3) is 0.714. The van der Waals surface area contributed by atoms with Crippen LogP contribution in [-0.2, 0) is 0 Å². The van der Waals surface area contributed by atoms with E-state index in [2.05, 4.69) is 17.1 Å². The van der Waals surface area contributed by atoms with E-state index in [1.165, 1.54) is 19.3 Å². The van der Waals surface area contributed by atoms with Crippen LogP contribution < -0.4 is 5.32 Å². The van der Waals surface area contributed by atoms with Crippen LogP contribution in [0.3, 0.4) is 0 Å². The van der Waals surface area contributed by atoms with Gasteiger partial charge in [-0.1, -0.05) is 26.2 Å². The summed E-state index contributed by atoms with van der Waals surface area (Å²) in [5.41, 5.74) is 0.